The number of nitrogens with one attached hydrogen (secondary N) is 1. The molecule has 1 aromatic rings. The van der Waals surface area contributed by atoms with Gasteiger partial charge >= 0.3 is 5.97 Å². The number of ether oxygens (including phenoxy) is 1. The Morgan fingerprint density at radius 3 is 2.78 bits per heavy atom. The van der Waals surface area contributed by atoms with Crippen LogP contribution in [-0.2, 0) is 16.1 Å². The number of benzene rings is 1. The van der Waals surface area contributed by atoms with E-state index in [9.17, 15) is 4.79 Å². The lowest BCUT2D eigenvalue weighted by atomic mass is 10.1. The van der Waals surface area contributed by atoms with Crippen molar-refractivity contribution in [1.29, 1.82) is 0 Å². The van der Waals surface area contributed by atoms with Crippen molar-refractivity contribution in [1.82, 2.24) is 0 Å². The molecule has 18 heavy (non-hydrogen) atoms. The lowest BCUT2D eigenvalue weighted by Gasteiger charge is -2.08. The Morgan fingerprint density at radius 1 is 1.50 bits per heavy atom. The average Bonchev–Trinajstić information content (AvgIpc) is 2.37. The summed E-state index contributed by atoms with van der Waals surface area (Å²) in [6, 6.07) is 5.61. The molecule has 1 aromatic carbocycles. The van der Waals surface area contributed by atoms with Crippen LogP contribution in [0.3, 0.4) is 0 Å². The molecule has 0 aliphatic rings. The fourth-order valence-corrected chi connectivity index (χ4v) is 1.48. The molecule has 0 aliphatic heterocycles. The van der Waals surface area contributed by atoms with Gasteiger partial charge in [0.15, 0.2) is 0 Å². The summed E-state index contributed by atoms with van der Waals surface area (Å²) < 4.78 is 4.88. The maximum Gasteiger partial charge on any atom is 0.335 e. The molecule has 0 atom stereocenters. The SMILES string of the molecule is CCOC(=O)/C(C)=C\Nc1ccc(CO)cc1C. The smallest absolute Gasteiger partial charge is 0.335 e. The summed E-state index contributed by atoms with van der Waals surface area (Å²) in [6.45, 7) is 5.81. The van der Waals surface area contributed by atoms with Crippen LogP contribution in [-0.4, -0.2) is 17.7 Å². The second kappa shape index (κ2) is 6.81. The van der Waals surface area contributed by atoms with Gasteiger partial charge in [0.05, 0.1) is 18.8 Å². The molecule has 0 spiro atoms. The lowest BCUT2D eigenvalue weighted by molar-refractivity contribution is -0.138. The highest BCUT2D eigenvalue weighted by Gasteiger charge is 2.04. The maximum absolute atomic E-state index is 11.4. The van der Waals surface area contributed by atoms with Gasteiger partial charge in [-0.3, -0.25) is 0 Å². The minimum absolute atomic E-state index is 0.0266. The molecular weight excluding hydrogens is 230 g/mol. The number of esters is 1. The fraction of sp³-hybridized carbons (Fsp3) is 0.357. The van der Waals surface area contributed by atoms with Crippen molar-refractivity contribution in [3.63, 3.8) is 0 Å². The van der Waals surface area contributed by atoms with Gasteiger partial charge in [0.2, 0.25) is 0 Å². The van der Waals surface area contributed by atoms with Crippen molar-refractivity contribution in [2.24, 2.45) is 0 Å². The zero-order valence-electron chi connectivity index (χ0n) is 11.0. The molecule has 0 saturated heterocycles. The first-order valence-electron chi connectivity index (χ1n) is 5.89. The zero-order chi connectivity index (χ0) is 13.5. The van der Waals surface area contributed by atoms with Crippen molar-refractivity contribution in [2.45, 2.75) is 27.4 Å². The van der Waals surface area contributed by atoms with E-state index in [0.29, 0.717) is 12.2 Å². The highest BCUT2D eigenvalue weighted by atomic mass is 16.5. The molecule has 2 N–H and O–H groups in total. The van der Waals surface area contributed by atoms with Gasteiger partial charge in [0.25, 0.3) is 0 Å². The summed E-state index contributed by atoms with van der Waals surface area (Å²) in [5.74, 6) is -0.324. The number of aryl methyl sites for hydroxylation is 1. The van der Waals surface area contributed by atoms with Gasteiger partial charge in [0, 0.05) is 11.9 Å². The predicted octanol–water partition coefficient (Wildman–Crippen LogP) is 2.37. The number of anilines is 1. The first-order valence-corrected chi connectivity index (χ1v) is 5.89. The predicted molar refractivity (Wildman–Crippen MR) is 71.1 cm³/mol. The molecule has 0 saturated carbocycles. The molecule has 1 rings (SSSR count). The Hall–Kier alpha value is -1.81. The minimum Gasteiger partial charge on any atom is -0.463 e. The standard InChI is InChI=1S/C14H19NO3/c1-4-18-14(17)11(3)8-15-13-6-5-12(9-16)7-10(13)2/h5-8,15-16H,4,9H2,1-3H3/b11-8-. The second-order valence-corrected chi connectivity index (χ2v) is 4.00. The Balaban J connectivity index is 2.73. The Bertz CT molecular complexity index is 452. The van der Waals surface area contributed by atoms with Crippen LogP contribution >= 0.6 is 0 Å². The van der Waals surface area contributed by atoms with E-state index in [2.05, 4.69) is 5.32 Å². The summed E-state index contributed by atoms with van der Waals surface area (Å²) in [5.41, 5.74) is 3.29. The number of rotatable bonds is 5. The largest absolute Gasteiger partial charge is 0.463 e. The van der Waals surface area contributed by atoms with Crippen molar-refractivity contribution in [3.05, 3.63) is 41.1 Å². The second-order valence-electron chi connectivity index (χ2n) is 4.00. The third-order valence-electron chi connectivity index (χ3n) is 2.51. The molecule has 0 fully saturated rings. The third-order valence-corrected chi connectivity index (χ3v) is 2.51. The number of carbonyl (C=O) groups excluding carboxylic acids is 1. The van der Waals surface area contributed by atoms with E-state index in [1.54, 1.807) is 20.0 Å². The Labute approximate surface area is 107 Å². The van der Waals surface area contributed by atoms with Crippen LogP contribution in [0.1, 0.15) is 25.0 Å². The quantitative estimate of drug-likeness (QED) is 0.621. The number of hydrogen-bond acceptors (Lipinski definition) is 4. The van der Waals surface area contributed by atoms with Gasteiger partial charge in [-0.05, 0) is 38.0 Å². The number of carbonyl (C=O) groups is 1. The van der Waals surface area contributed by atoms with Crippen molar-refractivity contribution in [2.75, 3.05) is 11.9 Å². The first-order chi connectivity index (χ1) is 8.58. The van der Waals surface area contributed by atoms with Gasteiger partial charge in [-0.2, -0.15) is 0 Å². The van der Waals surface area contributed by atoms with E-state index in [0.717, 1.165) is 16.8 Å². The molecule has 0 aromatic heterocycles. The molecule has 0 bridgehead atoms. The van der Waals surface area contributed by atoms with Gasteiger partial charge in [-0.1, -0.05) is 12.1 Å². The molecule has 4 heteroatoms. The summed E-state index contributed by atoms with van der Waals surface area (Å²) >= 11 is 0. The lowest BCUT2D eigenvalue weighted by Crippen LogP contribution is -2.07. The van der Waals surface area contributed by atoms with Crippen LogP contribution in [0.15, 0.2) is 30.0 Å². The van der Waals surface area contributed by atoms with Crippen molar-refractivity contribution in [3.8, 4) is 0 Å². The van der Waals surface area contributed by atoms with E-state index in [1.807, 2.05) is 25.1 Å². The van der Waals surface area contributed by atoms with Gasteiger partial charge in [0.1, 0.15) is 0 Å². The molecule has 0 heterocycles. The number of aliphatic hydroxyl groups is 1. The molecular formula is C14H19NO3. The van der Waals surface area contributed by atoms with Crippen molar-refractivity contribution >= 4 is 11.7 Å². The van der Waals surface area contributed by atoms with Gasteiger partial charge < -0.3 is 15.2 Å². The molecule has 98 valence electrons. The summed E-state index contributed by atoms with van der Waals surface area (Å²) in [7, 11) is 0. The molecule has 4 nitrogen and oxygen atoms in total. The van der Waals surface area contributed by atoms with E-state index in [4.69, 9.17) is 9.84 Å². The van der Waals surface area contributed by atoms with Crippen LogP contribution in [0.25, 0.3) is 0 Å². The van der Waals surface area contributed by atoms with Crippen LogP contribution in [0.2, 0.25) is 0 Å². The van der Waals surface area contributed by atoms with Gasteiger partial charge in [-0.15, -0.1) is 0 Å². The topological polar surface area (TPSA) is 58.6 Å². The number of hydrogen-bond donors (Lipinski definition) is 2. The maximum atomic E-state index is 11.4. The Morgan fingerprint density at radius 2 is 2.22 bits per heavy atom. The monoisotopic (exact) mass is 249 g/mol. The van der Waals surface area contributed by atoms with E-state index in [1.165, 1.54) is 0 Å². The summed E-state index contributed by atoms with van der Waals surface area (Å²) in [4.78, 5) is 11.4. The van der Waals surface area contributed by atoms with E-state index in [-0.39, 0.29) is 12.6 Å². The van der Waals surface area contributed by atoms with Crippen LogP contribution in [0.5, 0.6) is 0 Å². The normalized spacial score (nSPS) is 11.2. The Kier molecular flexibility index (Phi) is 5.39. The summed E-state index contributed by atoms with van der Waals surface area (Å²) in [6.07, 6.45) is 1.62. The van der Waals surface area contributed by atoms with E-state index >= 15 is 0 Å². The highest BCUT2D eigenvalue weighted by Crippen LogP contribution is 2.17. The van der Waals surface area contributed by atoms with Gasteiger partial charge in [-0.25, -0.2) is 4.79 Å². The molecule has 0 radical (unpaired) electrons. The van der Waals surface area contributed by atoms with Crippen LogP contribution in [0.4, 0.5) is 5.69 Å². The van der Waals surface area contributed by atoms with Crippen LogP contribution < -0.4 is 5.32 Å². The average molecular weight is 249 g/mol. The van der Waals surface area contributed by atoms with Crippen LogP contribution in [0, 0.1) is 6.92 Å². The number of aliphatic hydroxyl groups excluding tert-OH is 1. The third kappa shape index (κ3) is 3.89. The highest BCUT2D eigenvalue weighted by molar-refractivity contribution is 5.88. The van der Waals surface area contributed by atoms with Crippen molar-refractivity contribution < 1.29 is 14.6 Å². The fourth-order valence-electron chi connectivity index (χ4n) is 1.48. The zero-order valence-corrected chi connectivity index (χ0v) is 11.0. The minimum atomic E-state index is -0.324. The molecule has 0 amide bonds. The molecule has 0 aliphatic carbocycles. The molecule has 0 unspecified atom stereocenters. The first kappa shape index (κ1) is 14.3. The summed E-state index contributed by atoms with van der Waals surface area (Å²) in [5, 5.41) is 12.1. The van der Waals surface area contributed by atoms with E-state index < -0.39 is 0 Å².